The van der Waals surface area contributed by atoms with Gasteiger partial charge in [-0.3, -0.25) is 19.4 Å². The first-order valence-corrected chi connectivity index (χ1v) is 16.0. The molecule has 3 rings (SSSR count). The van der Waals surface area contributed by atoms with Crippen LogP contribution >= 0.6 is 0 Å². The van der Waals surface area contributed by atoms with Crippen molar-refractivity contribution in [2.75, 3.05) is 39.5 Å². The van der Waals surface area contributed by atoms with E-state index in [-0.39, 0.29) is 41.9 Å². The van der Waals surface area contributed by atoms with Gasteiger partial charge in [-0.25, -0.2) is 9.97 Å². The van der Waals surface area contributed by atoms with Gasteiger partial charge in [-0.15, -0.1) is 0 Å². The molecular weight excluding hydrogens is 604 g/mol. The highest BCUT2D eigenvalue weighted by atomic mass is 16.5. The Morgan fingerprint density at radius 1 is 0.660 bits per heavy atom. The molecule has 0 saturated carbocycles. The second kappa shape index (κ2) is 25.9. The molecule has 47 heavy (non-hydrogen) atoms. The monoisotopic (exact) mass is 656 g/mol. The van der Waals surface area contributed by atoms with Crippen LogP contribution in [0.25, 0.3) is 0 Å². The summed E-state index contributed by atoms with van der Waals surface area (Å²) in [7, 11) is 0. The van der Waals surface area contributed by atoms with E-state index in [1.807, 2.05) is 59.7 Å². The lowest BCUT2D eigenvalue weighted by Crippen LogP contribution is -2.26. The van der Waals surface area contributed by atoms with Crippen LogP contribution in [-0.2, 0) is 14.2 Å². The van der Waals surface area contributed by atoms with Crippen molar-refractivity contribution < 1.29 is 33.0 Å². The standard InChI is InChI=1S/C13H19NO2.C11H17N3O2.C10H16N2O3/c1-11(2)16-10-6-9-14-13(15)12-7-4-3-5-8-12;1-9(2)16-7-3-4-14-11(15)10-8-12-5-6-13-10;1-8(2)14-6-3-4-11-9(13)10-12-5-7-15-10/h3-5,7-8,11H,6,9-10H2,1-2H3,(H,14,15);5-6,8-9H,3-4,7H2,1-2H3,(H,14,15);5,7-8H,3-4,6H2,1-2H3,(H,11,13). The van der Waals surface area contributed by atoms with Crippen molar-refractivity contribution in [3.8, 4) is 0 Å². The molecule has 0 radical (unpaired) electrons. The summed E-state index contributed by atoms with van der Waals surface area (Å²) in [4.78, 5) is 45.8. The zero-order chi connectivity index (χ0) is 34.7. The largest absolute Gasteiger partial charge is 0.441 e. The highest BCUT2D eigenvalue weighted by molar-refractivity contribution is 5.94. The molecule has 13 heteroatoms. The van der Waals surface area contributed by atoms with Crippen LogP contribution < -0.4 is 16.0 Å². The molecule has 3 aromatic rings. The summed E-state index contributed by atoms with van der Waals surface area (Å²) < 4.78 is 20.9. The molecule has 0 aliphatic rings. The number of nitrogens with one attached hydrogen (secondary N) is 3. The molecule has 0 aliphatic carbocycles. The second-order valence-electron chi connectivity index (χ2n) is 10.9. The van der Waals surface area contributed by atoms with Crippen LogP contribution in [0, 0.1) is 0 Å². The number of aromatic nitrogens is 3. The lowest BCUT2D eigenvalue weighted by Gasteiger charge is -2.08. The van der Waals surface area contributed by atoms with Gasteiger partial charge < -0.3 is 34.6 Å². The summed E-state index contributed by atoms with van der Waals surface area (Å²) in [5.41, 5.74) is 1.04. The predicted octanol–water partition coefficient (Wildman–Crippen LogP) is 4.47. The third-order valence-electron chi connectivity index (χ3n) is 5.63. The van der Waals surface area contributed by atoms with E-state index in [9.17, 15) is 14.4 Å². The molecule has 0 spiro atoms. The van der Waals surface area contributed by atoms with Gasteiger partial charge in [0.25, 0.3) is 17.7 Å². The Morgan fingerprint density at radius 3 is 1.62 bits per heavy atom. The maximum Gasteiger partial charge on any atom is 0.307 e. The normalized spacial score (nSPS) is 10.5. The number of ether oxygens (including phenoxy) is 3. The van der Waals surface area contributed by atoms with Crippen LogP contribution in [0.2, 0.25) is 0 Å². The molecule has 2 aromatic heterocycles. The van der Waals surface area contributed by atoms with E-state index in [0.29, 0.717) is 50.7 Å². The number of rotatable bonds is 18. The summed E-state index contributed by atoms with van der Waals surface area (Å²) in [6.45, 7) is 15.7. The Kier molecular flexibility index (Phi) is 22.5. The number of oxazole rings is 1. The number of carbonyl (C=O) groups excluding carboxylic acids is 3. The summed E-state index contributed by atoms with van der Waals surface area (Å²) in [6.07, 6.45) is 10.4. The van der Waals surface area contributed by atoms with E-state index >= 15 is 0 Å². The minimum atomic E-state index is -0.287. The fourth-order valence-electron chi connectivity index (χ4n) is 3.39. The van der Waals surface area contributed by atoms with Crippen LogP contribution in [0.15, 0.2) is 65.8 Å². The van der Waals surface area contributed by atoms with E-state index in [0.717, 1.165) is 19.3 Å². The van der Waals surface area contributed by atoms with Crippen LogP contribution in [0.1, 0.15) is 92.3 Å². The van der Waals surface area contributed by atoms with Crippen molar-refractivity contribution in [2.45, 2.75) is 79.1 Å². The molecule has 0 fully saturated rings. The SMILES string of the molecule is CC(C)OCCCNC(=O)c1ccccc1.CC(C)OCCCNC(=O)c1cnccn1.CC(C)OCCCNC(=O)c1ncco1. The Labute approximate surface area is 278 Å². The molecular formula is C34H52N6O7. The fourth-order valence-corrected chi connectivity index (χ4v) is 3.39. The van der Waals surface area contributed by atoms with Gasteiger partial charge in [-0.05, 0) is 72.9 Å². The molecule has 260 valence electrons. The zero-order valence-electron chi connectivity index (χ0n) is 28.6. The van der Waals surface area contributed by atoms with Gasteiger partial charge in [0, 0.05) is 57.4 Å². The number of nitrogens with zero attached hydrogens (tertiary/aromatic N) is 3. The second-order valence-corrected chi connectivity index (χ2v) is 10.9. The molecule has 0 saturated heterocycles. The van der Waals surface area contributed by atoms with Crippen LogP contribution in [-0.4, -0.2) is 90.4 Å². The Balaban J connectivity index is 0.000000353. The average molecular weight is 657 g/mol. The van der Waals surface area contributed by atoms with Crippen molar-refractivity contribution in [1.82, 2.24) is 30.9 Å². The topological polar surface area (TPSA) is 167 Å². The van der Waals surface area contributed by atoms with Crippen molar-refractivity contribution >= 4 is 17.7 Å². The molecule has 1 aromatic carbocycles. The summed E-state index contributed by atoms with van der Waals surface area (Å²) in [5.74, 6) is -0.410. The van der Waals surface area contributed by atoms with E-state index in [2.05, 4.69) is 30.9 Å². The molecule has 3 amide bonds. The molecule has 0 unspecified atom stereocenters. The van der Waals surface area contributed by atoms with E-state index in [4.69, 9.17) is 18.6 Å². The first kappa shape index (κ1) is 40.8. The summed E-state index contributed by atoms with van der Waals surface area (Å²) in [6, 6.07) is 9.22. The molecule has 3 N–H and O–H groups in total. The maximum atomic E-state index is 11.6. The lowest BCUT2D eigenvalue weighted by atomic mass is 10.2. The van der Waals surface area contributed by atoms with Gasteiger partial charge in [-0.1, -0.05) is 18.2 Å². The van der Waals surface area contributed by atoms with E-state index < -0.39 is 0 Å². The maximum absolute atomic E-state index is 11.6. The minimum absolute atomic E-state index is 0.0230. The molecule has 0 bridgehead atoms. The predicted molar refractivity (Wildman–Crippen MR) is 179 cm³/mol. The van der Waals surface area contributed by atoms with Crippen LogP contribution in [0.4, 0.5) is 0 Å². The van der Waals surface area contributed by atoms with Gasteiger partial charge in [0.15, 0.2) is 0 Å². The number of hydrogen-bond donors (Lipinski definition) is 3. The Bertz CT molecular complexity index is 1140. The lowest BCUT2D eigenvalue weighted by molar-refractivity contribution is 0.0748. The van der Waals surface area contributed by atoms with Gasteiger partial charge in [0.05, 0.1) is 30.7 Å². The summed E-state index contributed by atoms with van der Waals surface area (Å²) in [5, 5.41) is 8.29. The highest BCUT2D eigenvalue weighted by Crippen LogP contribution is 1.98. The molecule has 0 aliphatic heterocycles. The number of hydrogen-bond acceptors (Lipinski definition) is 10. The van der Waals surface area contributed by atoms with Gasteiger partial charge in [0.1, 0.15) is 12.0 Å². The quantitative estimate of drug-likeness (QED) is 0.166. The minimum Gasteiger partial charge on any atom is -0.441 e. The zero-order valence-corrected chi connectivity index (χ0v) is 28.6. The van der Waals surface area contributed by atoms with E-state index in [1.54, 1.807) is 12.1 Å². The number of amides is 3. The number of carbonyl (C=O) groups is 3. The Hall–Kier alpha value is -4.20. The third kappa shape index (κ3) is 22.0. The van der Waals surface area contributed by atoms with Gasteiger partial charge in [-0.2, -0.15) is 0 Å². The van der Waals surface area contributed by atoms with Crippen molar-refractivity contribution in [3.05, 3.63) is 78.5 Å². The van der Waals surface area contributed by atoms with Crippen LogP contribution in [0.3, 0.4) is 0 Å². The first-order valence-electron chi connectivity index (χ1n) is 16.0. The van der Waals surface area contributed by atoms with Crippen molar-refractivity contribution in [1.29, 1.82) is 0 Å². The summed E-state index contributed by atoms with van der Waals surface area (Å²) >= 11 is 0. The molecule has 0 atom stereocenters. The average Bonchev–Trinajstić information content (AvgIpc) is 3.61. The molecule has 13 nitrogen and oxygen atoms in total. The van der Waals surface area contributed by atoms with Crippen molar-refractivity contribution in [3.63, 3.8) is 0 Å². The van der Waals surface area contributed by atoms with Gasteiger partial charge in [0.2, 0.25) is 0 Å². The first-order chi connectivity index (χ1) is 22.6. The fraction of sp³-hybridized carbons (Fsp3) is 0.529. The highest BCUT2D eigenvalue weighted by Gasteiger charge is 2.09. The third-order valence-corrected chi connectivity index (χ3v) is 5.63. The van der Waals surface area contributed by atoms with Gasteiger partial charge >= 0.3 is 5.91 Å². The van der Waals surface area contributed by atoms with Crippen molar-refractivity contribution in [2.24, 2.45) is 0 Å². The van der Waals surface area contributed by atoms with Crippen LogP contribution in [0.5, 0.6) is 0 Å². The smallest absolute Gasteiger partial charge is 0.307 e. The Morgan fingerprint density at radius 2 is 1.17 bits per heavy atom. The number of benzene rings is 1. The molecule has 2 heterocycles. The van der Waals surface area contributed by atoms with E-state index in [1.165, 1.54) is 31.1 Å².